The van der Waals surface area contributed by atoms with Crippen molar-refractivity contribution >= 4 is 11.9 Å². The van der Waals surface area contributed by atoms with Crippen LogP contribution >= 0.6 is 0 Å². The number of hydrogen-bond donors (Lipinski definition) is 2. The Labute approximate surface area is 124 Å². The molecule has 5 nitrogen and oxygen atoms in total. The van der Waals surface area contributed by atoms with E-state index in [2.05, 4.69) is 5.32 Å². The third kappa shape index (κ3) is 3.61. The minimum atomic E-state index is -1.07. The Kier molecular flexibility index (Phi) is 4.96. The van der Waals surface area contributed by atoms with Crippen molar-refractivity contribution in [1.82, 2.24) is 5.32 Å². The molecule has 1 amide bonds. The summed E-state index contributed by atoms with van der Waals surface area (Å²) in [6.07, 6.45) is 3.07. The van der Waals surface area contributed by atoms with Gasteiger partial charge >= 0.3 is 5.97 Å². The van der Waals surface area contributed by atoms with Gasteiger partial charge in [0, 0.05) is 13.2 Å². The van der Waals surface area contributed by atoms with Gasteiger partial charge in [0.25, 0.3) is 5.91 Å². The Bertz CT molecular complexity index is 547. The first-order valence-corrected chi connectivity index (χ1v) is 7.24. The van der Waals surface area contributed by atoms with Gasteiger partial charge in [-0.1, -0.05) is 12.1 Å². The molecule has 1 saturated heterocycles. The fourth-order valence-electron chi connectivity index (χ4n) is 2.69. The molecule has 2 rings (SSSR count). The summed E-state index contributed by atoms with van der Waals surface area (Å²) in [7, 11) is 0. The lowest BCUT2D eigenvalue weighted by Gasteiger charge is -2.14. The zero-order valence-electron chi connectivity index (χ0n) is 12.4. The van der Waals surface area contributed by atoms with Gasteiger partial charge < -0.3 is 15.2 Å². The molecule has 0 radical (unpaired) electrons. The molecule has 114 valence electrons. The second-order valence-corrected chi connectivity index (χ2v) is 5.43. The van der Waals surface area contributed by atoms with Crippen LogP contribution in [0.4, 0.5) is 0 Å². The highest BCUT2D eigenvalue weighted by atomic mass is 16.5. The number of aromatic carboxylic acids is 1. The van der Waals surface area contributed by atoms with Crippen molar-refractivity contribution in [3.8, 4) is 0 Å². The summed E-state index contributed by atoms with van der Waals surface area (Å²) in [6, 6.07) is 3.50. The Hall–Kier alpha value is -1.88. The van der Waals surface area contributed by atoms with Crippen LogP contribution in [0.3, 0.4) is 0 Å². The monoisotopic (exact) mass is 291 g/mol. The zero-order valence-corrected chi connectivity index (χ0v) is 12.4. The molecule has 0 saturated carbocycles. The van der Waals surface area contributed by atoms with E-state index in [0.29, 0.717) is 17.7 Å². The molecule has 1 aromatic rings. The fraction of sp³-hybridized carbons (Fsp3) is 0.500. The summed E-state index contributed by atoms with van der Waals surface area (Å²) in [5.41, 5.74) is 1.62. The number of carboxylic acid groups (broad SMARTS) is 1. The van der Waals surface area contributed by atoms with Crippen LogP contribution in [-0.4, -0.2) is 36.2 Å². The maximum atomic E-state index is 12.3. The second-order valence-electron chi connectivity index (χ2n) is 5.43. The van der Waals surface area contributed by atoms with Crippen molar-refractivity contribution in [3.63, 3.8) is 0 Å². The van der Waals surface area contributed by atoms with Crippen LogP contribution in [-0.2, 0) is 4.74 Å². The number of aryl methyl sites for hydroxylation is 2. The first kappa shape index (κ1) is 15.5. The molecule has 1 unspecified atom stereocenters. The molecular formula is C16H21NO4. The van der Waals surface area contributed by atoms with Crippen LogP contribution in [0.2, 0.25) is 0 Å². The first-order chi connectivity index (χ1) is 10.0. The van der Waals surface area contributed by atoms with Gasteiger partial charge in [-0.15, -0.1) is 0 Å². The van der Waals surface area contributed by atoms with Crippen LogP contribution in [0.5, 0.6) is 0 Å². The number of rotatable bonds is 5. The number of hydrogen-bond acceptors (Lipinski definition) is 3. The van der Waals surface area contributed by atoms with Gasteiger partial charge in [0.2, 0.25) is 0 Å². The third-order valence-corrected chi connectivity index (χ3v) is 3.84. The van der Waals surface area contributed by atoms with Crippen molar-refractivity contribution in [2.45, 2.75) is 39.2 Å². The smallest absolute Gasteiger partial charge is 0.336 e. The second kappa shape index (κ2) is 6.72. The Balaban J connectivity index is 2.07. The summed E-state index contributed by atoms with van der Waals surface area (Å²) in [4.78, 5) is 23.7. The minimum Gasteiger partial charge on any atom is -0.478 e. The Morgan fingerprint density at radius 2 is 1.95 bits per heavy atom. The molecule has 1 aromatic carbocycles. The van der Waals surface area contributed by atoms with E-state index in [4.69, 9.17) is 4.74 Å². The third-order valence-electron chi connectivity index (χ3n) is 3.84. The molecule has 1 aliphatic heterocycles. The van der Waals surface area contributed by atoms with E-state index < -0.39 is 5.97 Å². The molecule has 1 aliphatic rings. The molecule has 0 spiro atoms. The molecular weight excluding hydrogens is 270 g/mol. The van der Waals surface area contributed by atoms with E-state index >= 15 is 0 Å². The first-order valence-electron chi connectivity index (χ1n) is 7.24. The number of carbonyl (C=O) groups excluding carboxylic acids is 1. The van der Waals surface area contributed by atoms with Crippen LogP contribution in [0, 0.1) is 13.8 Å². The highest BCUT2D eigenvalue weighted by molar-refractivity contribution is 6.06. The van der Waals surface area contributed by atoms with Gasteiger partial charge in [-0.3, -0.25) is 4.79 Å². The molecule has 1 atom stereocenters. The largest absolute Gasteiger partial charge is 0.478 e. The van der Waals surface area contributed by atoms with E-state index in [1.54, 1.807) is 26.0 Å². The van der Waals surface area contributed by atoms with E-state index in [0.717, 1.165) is 25.9 Å². The molecule has 1 heterocycles. The Morgan fingerprint density at radius 1 is 1.29 bits per heavy atom. The predicted octanol–water partition coefficient (Wildman–Crippen LogP) is 2.30. The normalized spacial score (nSPS) is 17.7. The minimum absolute atomic E-state index is 0.0876. The lowest BCUT2D eigenvalue weighted by Crippen LogP contribution is -2.29. The van der Waals surface area contributed by atoms with Gasteiger partial charge in [0.15, 0.2) is 0 Å². The molecule has 0 bridgehead atoms. The van der Waals surface area contributed by atoms with Crippen LogP contribution in [0.25, 0.3) is 0 Å². The summed E-state index contributed by atoms with van der Waals surface area (Å²) in [5, 5.41) is 12.1. The van der Waals surface area contributed by atoms with Crippen molar-refractivity contribution in [2.24, 2.45) is 0 Å². The molecule has 0 aromatic heterocycles. The van der Waals surface area contributed by atoms with E-state index in [-0.39, 0.29) is 23.1 Å². The number of nitrogens with one attached hydrogen (secondary N) is 1. The van der Waals surface area contributed by atoms with Gasteiger partial charge in [-0.25, -0.2) is 4.79 Å². The SMILES string of the molecule is Cc1ccc(C)c(C(=O)NCCC2CCCO2)c1C(=O)O. The highest BCUT2D eigenvalue weighted by Gasteiger charge is 2.21. The summed E-state index contributed by atoms with van der Waals surface area (Å²) in [6.45, 7) is 4.74. The molecule has 0 aliphatic carbocycles. The van der Waals surface area contributed by atoms with Crippen LogP contribution in [0.1, 0.15) is 51.1 Å². The molecule has 2 N–H and O–H groups in total. The summed E-state index contributed by atoms with van der Waals surface area (Å²) >= 11 is 0. The standard InChI is InChI=1S/C16H21NO4/c1-10-5-6-11(2)14(16(19)20)13(10)15(18)17-8-7-12-4-3-9-21-12/h5-6,12H,3-4,7-9H2,1-2H3,(H,17,18)(H,19,20). The number of benzene rings is 1. The average Bonchev–Trinajstić information content (AvgIpc) is 2.93. The molecule has 21 heavy (non-hydrogen) atoms. The number of carboxylic acids is 1. The van der Waals surface area contributed by atoms with Crippen LogP contribution < -0.4 is 5.32 Å². The van der Waals surface area contributed by atoms with Crippen molar-refractivity contribution < 1.29 is 19.4 Å². The highest BCUT2D eigenvalue weighted by Crippen LogP contribution is 2.19. The maximum absolute atomic E-state index is 12.3. The number of ether oxygens (including phenoxy) is 1. The van der Waals surface area contributed by atoms with Gasteiger partial charge in [0.1, 0.15) is 0 Å². The molecule has 5 heteroatoms. The van der Waals surface area contributed by atoms with E-state index in [1.165, 1.54) is 0 Å². The topological polar surface area (TPSA) is 75.6 Å². The van der Waals surface area contributed by atoms with E-state index in [1.807, 2.05) is 0 Å². The molecule has 1 fully saturated rings. The lowest BCUT2D eigenvalue weighted by atomic mass is 9.96. The number of amides is 1. The van der Waals surface area contributed by atoms with Crippen LogP contribution in [0.15, 0.2) is 12.1 Å². The van der Waals surface area contributed by atoms with Crippen molar-refractivity contribution in [3.05, 3.63) is 34.4 Å². The number of carbonyl (C=O) groups is 2. The Morgan fingerprint density at radius 3 is 2.52 bits per heavy atom. The quantitative estimate of drug-likeness (QED) is 0.873. The van der Waals surface area contributed by atoms with E-state index in [9.17, 15) is 14.7 Å². The summed E-state index contributed by atoms with van der Waals surface area (Å²) in [5.74, 6) is -1.40. The van der Waals surface area contributed by atoms with Crippen molar-refractivity contribution in [1.29, 1.82) is 0 Å². The van der Waals surface area contributed by atoms with Crippen molar-refractivity contribution in [2.75, 3.05) is 13.2 Å². The summed E-state index contributed by atoms with van der Waals surface area (Å²) < 4.78 is 5.50. The van der Waals surface area contributed by atoms with Gasteiger partial charge in [-0.2, -0.15) is 0 Å². The predicted molar refractivity (Wildman–Crippen MR) is 78.8 cm³/mol. The zero-order chi connectivity index (χ0) is 15.4. The average molecular weight is 291 g/mol. The lowest BCUT2D eigenvalue weighted by molar-refractivity contribution is 0.0689. The van der Waals surface area contributed by atoms with Gasteiger partial charge in [-0.05, 0) is 44.2 Å². The van der Waals surface area contributed by atoms with Gasteiger partial charge in [0.05, 0.1) is 17.2 Å². The maximum Gasteiger partial charge on any atom is 0.336 e. The fourth-order valence-corrected chi connectivity index (χ4v) is 2.69.